The minimum absolute atomic E-state index is 0.00908. The molecule has 2 N–H and O–H groups in total. The van der Waals surface area contributed by atoms with Crippen LogP contribution in [0.5, 0.6) is 0 Å². The number of hydrogen-bond donors (Lipinski definition) is 2. The molecule has 0 bridgehead atoms. The summed E-state index contributed by atoms with van der Waals surface area (Å²) < 4.78 is 5.67. The summed E-state index contributed by atoms with van der Waals surface area (Å²) in [6.45, 7) is 5.44. The number of amides is 2. The molecule has 186 valence electrons. The van der Waals surface area contributed by atoms with Gasteiger partial charge in [-0.05, 0) is 62.3 Å². The van der Waals surface area contributed by atoms with Crippen molar-refractivity contribution in [1.29, 1.82) is 0 Å². The molecule has 2 aromatic carbocycles. The van der Waals surface area contributed by atoms with E-state index in [0.29, 0.717) is 19.4 Å². The minimum Gasteiger partial charge on any atom is -0.480 e. The molecule has 0 aliphatic heterocycles. The highest BCUT2D eigenvalue weighted by molar-refractivity contribution is 5.87. The number of nitrogens with one attached hydrogen (secondary N) is 1. The number of nitrogens with zero attached hydrogens (tertiary/aromatic N) is 1. The van der Waals surface area contributed by atoms with Crippen LogP contribution in [0.4, 0.5) is 4.79 Å². The molecule has 0 heterocycles. The molecular weight excluding hydrogens is 444 g/mol. The molecule has 2 aliphatic rings. The number of alkyl carbamates (subject to hydrolysis) is 1. The second-order valence-electron chi connectivity index (χ2n) is 9.98. The Kier molecular flexibility index (Phi) is 7.15. The Morgan fingerprint density at radius 2 is 1.63 bits per heavy atom. The molecule has 7 heteroatoms. The monoisotopic (exact) mass is 478 g/mol. The Bertz CT molecular complexity index is 1070. The molecule has 0 spiro atoms. The fourth-order valence-electron chi connectivity index (χ4n) is 5.51. The van der Waals surface area contributed by atoms with Crippen molar-refractivity contribution in [2.24, 2.45) is 5.92 Å². The van der Waals surface area contributed by atoms with Gasteiger partial charge in [-0.1, -0.05) is 55.0 Å². The highest BCUT2D eigenvalue weighted by Gasteiger charge is 2.41. The van der Waals surface area contributed by atoms with Crippen LogP contribution in [0, 0.1) is 5.92 Å². The Morgan fingerprint density at radius 3 is 2.20 bits per heavy atom. The number of carboxylic acid groups (broad SMARTS) is 1. The third kappa shape index (κ3) is 4.90. The number of carboxylic acids is 1. The van der Waals surface area contributed by atoms with Crippen molar-refractivity contribution in [3.8, 4) is 11.1 Å². The molecule has 35 heavy (non-hydrogen) atoms. The highest BCUT2D eigenvalue weighted by Crippen LogP contribution is 2.44. The molecule has 7 nitrogen and oxygen atoms in total. The standard InChI is InChI=1S/C28H34N2O5/c1-4-30(28(2,3)26(32)33)25(31)18-10-9-11-19(16-18)29-27(34)35-17-24-22-14-7-5-12-20(22)21-13-6-8-15-23(21)24/h5-8,12-15,18-19,24H,4,9-11,16-17H2,1-3H3,(H,29,34)(H,32,33). The number of ether oxygens (including phenoxy) is 1. The van der Waals surface area contributed by atoms with E-state index in [1.807, 2.05) is 24.3 Å². The van der Waals surface area contributed by atoms with E-state index >= 15 is 0 Å². The summed E-state index contributed by atoms with van der Waals surface area (Å²) >= 11 is 0. The quantitative estimate of drug-likeness (QED) is 0.596. The van der Waals surface area contributed by atoms with Gasteiger partial charge in [0.1, 0.15) is 12.1 Å². The lowest BCUT2D eigenvalue weighted by Crippen LogP contribution is -2.55. The Hall–Kier alpha value is -3.35. The van der Waals surface area contributed by atoms with Gasteiger partial charge in [0.2, 0.25) is 5.91 Å². The number of carbonyl (C=O) groups is 3. The number of fused-ring (bicyclic) bond motifs is 3. The Balaban J connectivity index is 1.36. The minimum atomic E-state index is -1.28. The zero-order chi connectivity index (χ0) is 25.2. The SMILES string of the molecule is CCN(C(=O)C1CCCC(NC(=O)OCC2c3ccccc3-c3ccccc32)C1)C(C)(C)C(=O)O. The van der Waals surface area contributed by atoms with E-state index in [4.69, 9.17) is 4.74 Å². The number of likely N-dealkylation sites (N-methyl/N-ethyl adjacent to an activating group) is 1. The van der Waals surface area contributed by atoms with Gasteiger partial charge in [-0.15, -0.1) is 0 Å². The lowest BCUT2D eigenvalue weighted by Gasteiger charge is -2.38. The number of rotatable bonds is 7. The third-order valence-electron chi connectivity index (χ3n) is 7.47. The molecule has 1 saturated carbocycles. The molecule has 0 saturated heterocycles. The van der Waals surface area contributed by atoms with Gasteiger partial charge in [0.05, 0.1) is 0 Å². The van der Waals surface area contributed by atoms with Crippen LogP contribution in [0.3, 0.4) is 0 Å². The fraction of sp³-hybridized carbons (Fsp3) is 0.464. The van der Waals surface area contributed by atoms with Crippen LogP contribution in [-0.2, 0) is 14.3 Å². The summed E-state index contributed by atoms with van der Waals surface area (Å²) in [6.07, 6.45) is 2.24. The maximum absolute atomic E-state index is 13.2. The Labute approximate surface area is 206 Å². The first kappa shape index (κ1) is 24.8. The zero-order valence-electron chi connectivity index (χ0n) is 20.6. The van der Waals surface area contributed by atoms with Crippen molar-refractivity contribution in [1.82, 2.24) is 10.2 Å². The maximum Gasteiger partial charge on any atom is 0.407 e. The molecule has 2 amide bonds. The van der Waals surface area contributed by atoms with Crippen molar-refractivity contribution >= 4 is 18.0 Å². The first-order chi connectivity index (χ1) is 16.7. The summed E-state index contributed by atoms with van der Waals surface area (Å²) in [5.41, 5.74) is 3.39. The lowest BCUT2D eigenvalue weighted by molar-refractivity contribution is -0.159. The number of aliphatic carboxylic acids is 1. The van der Waals surface area contributed by atoms with Crippen LogP contribution < -0.4 is 5.32 Å². The first-order valence-electron chi connectivity index (χ1n) is 12.4. The van der Waals surface area contributed by atoms with E-state index in [2.05, 4.69) is 29.6 Å². The molecule has 2 aliphatic carbocycles. The average Bonchev–Trinajstić information content (AvgIpc) is 3.17. The molecule has 2 unspecified atom stereocenters. The van der Waals surface area contributed by atoms with Crippen LogP contribution >= 0.6 is 0 Å². The summed E-state index contributed by atoms with van der Waals surface area (Å²) in [5.74, 6) is -1.53. The third-order valence-corrected chi connectivity index (χ3v) is 7.47. The van der Waals surface area contributed by atoms with Crippen LogP contribution in [0.1, 0.15) is 63.5 Å². The van der Waals surface area contributed by atoms with E-state index in [0.717, 1.165) is 24.0 Å². The second kappa shape index (κ2) is 10.1. The maximum atomic E-state index is 13.2. The zero-order valence-corrected chi connectivity index (χ0v) is 20.6. The predicted molar refractivity (Wildman–Crippen MR) is 133 cm³/mol. The molecule has 2 atom stereocenters. The lowest BCUT2D eigenvalue weighted by atomic mass is 9.84. The molecule has 4 rings (SSSR count). The van der Waals surface area contributed by atoms with Gasteiger partial charge in [0.15, 0.2) is 0 Å². The van der Waals surface area contributed by atoms with Crippen molar-refractivity contribution in [3.05, 3.63) is 59.7 Å². The molecule has 0 aromatic heterocycles. The first-order valence-corrected chi connectivity index (χ1v) is 12.4. The van der Waals surface area contributed by atoms with E-state index in [-0.39, 0.29) is 30.4 Å². The van der Waals surface area contributed by atoms with E-state index < -0.39 is 17.6 Å². The van der Waals surface area contributed by atoms with Crippen LogP contribution in [0.25, 0.3) is 11.1 Å². The van der Waals surface area contributed by atoms with Gasteiger partial charge in [0, 0.05) is 24.4 Å². The van der Waals surface area contributed by atoms with Crippen molar-refractivity contribution in [3.63, 3.8) is 0 Å². The molecule has 1 fully saturated rings. The van der Waals surface area contributed by atoms with E-state index in [9.17, 15) is 19.5 Å². The van der Waals surface area contributed by atoms with Crippen LogP contribution in [0.15, 0.2) is 48.5 Å². The summed E-state index contributed by atoms with van der Waals surface area (Å²) in [6, 6.07) is 16.2. The summed E-state index contributed by atoms with van der Waals surface area (Å²) in [4.78, 5) is 39.0. The van der Waals surface area contributed by atoms with E-state index in [1.165, 1.54) is 16.0 Å². The van der Waals surface area contributed by atoms with Crippen molar-refractivity contribution in [2.45, 2.75) is 64.0 Å². The topological polar surface area (TPSA) is 95.9 Å². The summed E-state index contributed by atoms with van der Waals surface area (Å²) in [7, 11) is 0. The number of benzene rings is 2. The number of hydrogen-bond acceptors (Lipinski definition) is 4. The normalized spacial score (nSPS) is 19.4. The van der Waals surface area contributed by atoms with Gasteiger partial charge in [0.25, 0.3) is 0 Å². The Morgan fingerprint density at radius 1 is 1.03 bits per heavy atom. The van der Waals surface area contributed by atoms with Crippen LogP contribution in [0.2, 0.25) is 0 Å². The average molecular weight is 479 g/mol. The van der Waals surface area contributed by atoms with Gasteiger partial charge >= 0.3 is 12.1 Å². The smallest absolute Gasteiger partial charge is 0.407 e. The summed E-state index contributed by atoms with van der Waals surface area (Å²) in [5, 5.41) is 12.5. The molecular formula is C28H34N2O5. The molecule has 0 radical (unpaired) electrons. The second-order valence-corrected chi connectivity index (χ2v) is 9.98. The van der Waals surface area contributed by atoms with Gasteiger partial charge in [-0.2, -0.15) is 0 Å². The number of carbonyl (C=O) groups excluding carboxylic acids is 2. The highest BCUT2D eigenvalue weighted by atomic mass is 16.5. The van der Waals surface area contributed by atoms with Crippen molar-refractivity contribution < 1.29 is 24.2 Å². The molecule has 2 aromatic rings. The van der Waals surface area contributed by atoms with E-state index in [1.54, 1.807) is 20.8 Å². The van der Waals surface area contributed by atoms with Crippen molar-refractivity contribution in [2.75, 3.05) is 13.2 Å². The predicted octanol–water partition coefficient (Wildman–Crippen LogP) is 4.80. The van der Waals surface area contributed by atoms with Gasteiger partial charge < -0.3 is 20.1 Å². The van der Waals surface area contributed by atoms with Gasteiger partial charge in [-0.3, -0.25) is 4.79 Å². The fourth-order valence-corrected chi connectivity index (χ4v) is 5.51. The van der Waals surface area contributed by atoms with Crippen LogP contribution in [-0.4, -0.2) is 52.7 Å². The van der Waals surface area contributed by atoms with Gasteiger partial charge in [-0.25, -0.2) is 9.59 Å². The largest absolute Gasteiger partial charge is 0.480 e.